The van der Waals surface area contributed by atoms with Crippen molar-refractivity contribution in [3.8, 4) is 11.3 Å². The van der Waals surface area contributed by atoms with Gasteiger partial charge in [-0.3, -0.25) is 0 Å². The van der Waals surface area contributed by atoms with Crippen LogP contribution in [0.15, 0.2) is 24.3 Å². The largest absolute Gasteiger partial charge is 0.383 e. The van der Waals surface area contributed by atoms with Crippen LogP contribution in [0.5, 0.6) is 0 Å². The van der Waals surface area contributed by atoms with Gasteiger partial charge in [0.25, 0.3) is 0 Å². The summed E-state index contributed by atoms with van der Waals surface area (Å²) in [5.41, 5.74) is 7.13. The van der Waals surface area contributed by atoms with Crippen molar-refractivity contribution in [2.75, 3.05) is 5.73 Å². The summed E-state index contributed by atoms with van der Waals surface area (Å²) in [7, 11) is 0. The number of fused-ring (bicyclic) bond motifs is 1. The summed E-state index contributed by atoms with van der Waals surface area (Å²) in [5.74, 6) is 1.30. The summed E-state index contributed by atoms with van der Waals surface area (Å²) < 4.78 is 15.7. The highest BCUT2D eigenvalue weighted by Crippen LogP contribution is 2.30. The Kier molecular flexibility index (Phi) is 2.35. The number of imidazole rings is 1. The van der Waals surface area contributed by atoms with Gasteiger partial charge in [-0.15, -0.1) is 0 Å². The molecule has 0 unspecified atom stereocenters. The highest BCUT2D eigenvalue weighted by molar-refractivity contribution is 5.71. The molecule has 0 saturated heterocycles. The van der Waals surface area contributed by atoms with Crippen molar-refractivity contribution in [3.63, 3.8) is 0 Å². The van der Waals surface area contributed by atoms with E-state index in [1.807, 2.05) is 4.57 Å². The molecule has 1 aliphatic heterocycles. The number of aromatic nitrogens is 2. The van der Waals surface area contributed by atoms with E-state index in [-0.39, 0.29) is 5.82 Å². The third-order valence-electron chi connectivity index (χ3n) is 3.25. The molecule has 0 radical (unpaired) electrons. The van der Waals surface area contributed by atoms with E-state index in [1.54, 1.807) is 18.2 Å². The quantitative estimate of drug-likeness (QED) is 0.819. The standard InChI is InChI=1S/C13H14FN3/c14-10-6-2-1-5-9(10)12-13(15)17-8-4-3-7-11(17)16-12/h1-2,5-6H,3-4,7-8,15H2. The Hall–Kier alpha value is -1.84. The van der Waals surface area contributed by atoms with Crippen LogP contribution in [0.3, 0.4) is 0 Å². The molecule has 3 rings (SSSR count). The Morgan fingerprint density at radius 1 is 1.24 bits per heavy atom. The van der Waals surface area contributed by atoms with Crippen molar-refractivity contribution in [2.45, 2.75) is 25.8 Å². The lowest BCUT2D eigenvalue weighted by Gasteiger charge is -2.14. The molecule has 17 heavy (non-hydrogen) atoms. The summed E-state index contributed by atoms with van der Waals surface area (Å²) in [6.07, 6.45) is 3.18. The molecule has 0 atom stereocenters. The fourth-order valence-corrected chi connectivity index (χ4v) is 2.36. The fraction of sp³-hybridized carbons (Fsp3) is 0.308. The Morgan fingerprint density at radius 2 is 2.06 bits per heavy atom. The van der Waals surface area contributed by atoms with Gasteiger partial charge in [-0.25, -0.2) is 9.37 Å². The minimum atomic E-state index is -0.269. The number of benzene rings is 1. The SMILES string of the molecule is Nc1c(-c2ccccc2F)nc2n1CCCC2. The third kappa shape index (κ3) is 1.60. The second kappa shape index (κ2) is 3.87. The van der Waals surface area contributed by atoms with Crippen LogP contribution >= 0.6 is 0 Å². The van der Waals surface area contributed by atoms with Gasteiger partial charge in [0.05, 0.1) is 0 Å². The Balaban J connectivity index is 2.16. The van der Waals surface area contributed by atoms with Crippen LogP contribution in [0.1, 0.15) is 18.7 Å². The molecule has 2 heterocycles. The molecule has 0 spiro atoms. The molecule has 1 aromatic heterocycles. The lowest BCUT2D eigenvalue weighted by atomic mass is 10.1. The van der Waals surface area contributed by atoms with E-state index in [2.05, 4.69) is 4.98 Å². The van der Waals surface area contributed by atoms with E-state index in [0.29, 0.717) is 17.1 Å². The molecule has 88 valence electrons. The van der Waals surface area contributed by atoms with Gasteiger partial charge < -0.3 is 10.3 Å². The van der Waals surface area contributed by atoms with E-state index >= 15 is 0 Å². The van der Waals surface area contributed by atoms with Crippen LogP contribution in [-0.4, -0.2) is 9.55 Å². The van der Waals surface area contributed by atoms with E-state index in [0.717, 1.165) is 31.6 Å². The lowest BCUT2D eigenvalue weighted by Crippen LogP contribution is -2.12. The first-order valence-corrected chi connectivity index (χ1v) is 5.87. The second-order valence-electron chi connectivity index (χ2n) is 4.35. The first kappa shape index (κ1) is 10.3. The van der Waals surface area contributed by atoms with Crippen LogP contribution in [-0.2, 0) is 13.0 Å². The third-order valence-corrected chi connectivity index (χ3v) is 3.25. The monoisotopic (exact) mass is 231 g/mol. The normalized spacial score (nSPS) is 14.6. The maximum atomic E-state index is 13.7. The lowest BCUT2D eigenvalue weighted by molar-refractivity contribution is 0.527. The Labute approximate surface area is 99.1 Å². The van der Waals surface area contributed by atoms with Gasteiger partial charge in [-0.1, -0.05) is 12.1 Å². The van der Waals surface area contributed by atoms with Crippen molar-refractivity contribution < 1.29 is 4.39 Å². The van der Waals surface area contributed by atoms with Gasteiger partial charge in [-0.2, -0.15) is 0 Å². The van der Waals surface area contributed by atoms with E-state index in [4.69, 9.17) is 5.73 Å². The van der Waals surface area contributed by atoms with Crippen molar-refractivity contribution in [1.29, 1.82) is 0 Å². The molecule has 0 bridgehead atoms. The molecular formula is C13H14FN3. The molecule has 0 saturated carbocycles. The minimum Gasteiger partial charge on any atom is -0.383 e. The van der Waals surface area contributed by atoms with Crippen molar-refractivity contribution in [3.05, 3.63) is 35.9 Å². The Morgan fingerprint density at radius 3 is 2.82 bits per heavy atom. The zero-order valence-electron chi connectivity index (χ0n) is 9.49. The number of nitrogen functional groups attached to an aromatic ring is 1. The summed E-state index contributed by atoms with van der Waals surface area (Å²) in [6, 6.07) is 6.63. The number of aryl methyl sites for hydroxylation is 1. The van der Waals surface area contributed by atoms with Crippen molar-refractivity contribution in [2.24, 2.45) is 0 Å². The van der Waals surface area contributed by atoms with E-state index in [1.165, 1.54) is 6.07 Å². The zero-order chi connectivity index (χ0) is 11.8. The van der Waals surface area contributed by atoms with Gasteiger partial charge >= 0.3 is 0 Å². The predicted octanol–water partition coefficient (Wildman–Crippen LogP) is 2.61. The number of nitrogens with zero attached hydrogens (tertiary/aromatic N) is 2. The molecule has 0 amide bonds. The number of rotatable bonds is 1. The number of hydrogen-bond acceptors (Lipinski definition) is 2. The van der Waals surface area contributed by atoms with Crippen molar-refractivity contribution in [1.82, 2.24) is 9.55 Å². The molecule has 3 nitrogen and oxygen atoms in total. The van der Waals surface area contributed by atoms with Crippen molar-refractivity contribution >= 4 is 5.82 Å². The summed E-state index contributed by atoms with van der Waals surface area (Å²) in [5, 5.41) is 0. The predicted molar refractivity (Wildman–Crippen MR) is 65.0 cm³/mol. The van der Waals surface area contributed by atoms with E-state index in [9.17, 15) is 4.39 Å². The van der Waals surface area contributed by atoms with Crippen LogP contribution in [0, 0.1) is 5.82 Å². The summed E-state index contributed by atoms with van der Waals surface area (Å²) >= 11 is 0. The van der Waals surface area contributed by atoms with Crippen LogP contribution in [0.4, 0.5) is 10.2 Å². The fourth-order valence-electron chi connectivity index (χ4n) is 2.36. The van der Waals surface area contributed by atoms with Crippen LogP contribution in [0.25, 0.3) is 11.3 Å². The molecular weight excluding hydrogens is 217 g/mol. The van der Waals surface area contributed by atoms with E-state index < -0.39 is 0 Å². The highest BCUT2D eigenvalue weighted by Gasteiger charge is 2.20. The van der Waals surface area contributed by atoms with Gasteiger partial charge in [0.1, 0.15) is 23.2 Å². The summed E-state index contributed by atoms with van der Waals surface area (Å²) in [6.45, 7) is 0.891. The van der Waals surface area contributed by atoms with Crippen LogP contribution in [0.2, 0.25) is 0 Å². The summed E-state index contributed by atoms with van der Waals surface area (Å²) in [4.78, 5) is 4.48. The molecule has 2 aromatic rings. The Bertz CT molecular complexity index is 560. The molecule has 1 aliphatic rings. The molecule has 1 aromatic carbocycles. The maximum Gasteiger partial charge on any atom is 0.132 e. The first-order valence-electron chi connectivity index (χ1n) is 5.87. The number of anilines is 1. The molecule has 4 heteroatoms. The minimum absolute atomic E-state index is 0.269. The van der Waals surface area contributed by atoms with Crippen LogP contribution < -0.4 is 5.73 Å². The smallest absolute Gasteiger partial charge is 0.132 e. The second-order valence-corrected chi connectivity index (χ2v) is 4.35. The first-order chi connectivity index (χ1) is 8.27. The topological polar surface area (TPSA) is 43.8 Å². The average molecular weight is 231 g/mol. The molecule has 2 N–H and O–H groups in total. The average Bonchev–Trinajstić information content (AvgIpc) is 2.68. The molecule has 0 fully saturated rings. The highest BCUT2D eigenvalue weighted by atomic mass is 19.1. The number of nitrogens with two attached hydrogens (primary N) is 1. The number of hydrogen-bond donors (Lipinski definition) is 1. The van der Waals surface area contributed by atoms with Gasteiger partial charge in [0.15, 0.2) is 0 Å². The zero-order valence-corrected chi connectivity index (χ0v) is 9.49. The van der Waals surface area contributed by atoms with Gasteiger partial charge in [0.2, 0.25) is 0 Å². The molecule has 0 aliphatic carbocycles. The maximum absolute atomic E-state index is 13.7. The number of halogens is 1. The van der Waals surface area contributed by atoms with Gasteiger partial charge in [0, 0.05) is 18.5 Å². The van der Waals surface area contributed by atoms with Gasteiger partial charge in [-0.05, 0) is 25.0 Å².